The van der Waals surface area contributed by atoms with Crippen molar-refractivity contribution in [3.05, 3.63) is 30.1 Å². The van der Waals surface area contributed by atoms with Gasteiger partial charge in [-0.3, -0.25) is 4.98 Å². The first-order valence-electron chi connectivity index (χ1n) is 5.05. The lowest BCUT2D eigenvalue weighted by Crippen LogP contribution is -2.26. The van der Waals surface area contributed by atoms with Crippen LogP contribution in [0.2, 0.25) is 0 Å². The van der Waals surface area contributed by atoms with E-state index in [1.807, 2.05) is 12.1 Å². The van der Waals surface area contributed by atoms with Crippen molar-refractivity contribution in [1.29, 1.82) is 0 Å². The van der Waals surface area contributed by atoms with Gasteiger partial charge >= 0.3 is 0 Å². The third-order valence-electron chi connectivity index (χ3n) is 2.87. The molecule has 1 aliphatic rings. The van der Waals surface area contributed by atoms with Gasteiger partial charge in [0.1, 0.15) is 0 Å². The topological polar surface area (TPSA) is 45.1 Å². The number of aliphatic hydroxyl groups excluding tert-OH is 1. The average molecular weight is 192 g/mol. The molecule has 1 fully saturated rings. The summed E-state index contributed by atoms with van der Waals surface area (Å²) in [6.45, 7) is 2.10. The number of rotatable bonds is 5. The predicted molar refractivity (Wildman–Crippen MR) is 54.7 cm³/mol. The second-order valence-electron chi connectivity index (χ2n) is 4.12. The van der Waals surface area contributed by atoms with Crippen LogP contribution in [-0.2, 0) is 6.54 Å². The minimum absolute atomic E-state index is 0.201. The quantitative estimate of drug-likeness (QED) is 0.730. The van der Waals surface area contributed by atoms with Crippen molar-refractivity contribution in [1.82, 2.24) is 10.3 Å². The smallest absolute Gasteiger partial charge is 0.0499 e. The van der Waals surface area contributed by atoms with Crippen molar-refractivity contribution < 1.29 is 5.11 Å². The highest BCUT2D eigenvalue weighted by Gasteiger charge is 2.41. The molecule has 2 rings (SSSR count). The molecule has 0 unspecified atom stereocenters. The molecular weight excluding hydrogens is 176 g/mol. The van der Waals surface area contributed by atoms with E-state index < -0.39 is 0 Å². The maximum Gasteiger partial charge on any atom is 0.0499 e. The molecule has 0 spiro atoms. The maximum absolute atomic E-state index is 9.10. The van der Waals surface area contributed by atoms with Crippen molar-refractivity contribution in [2.45, 2.75) is 19.4 Å². The van der Waals surface area contributed by atoms with Gasteiger partial charge in [0.2, 0.25) is 0 Å². The highest BCUT2D eigenvalue weighted by molar-refractivity contribution is 5.09. The Morgan fingerprint density at radius 3 is 2.64 bits per heavy atom. The molecule has 0 bridgehead atoms. The first kappa shape index (κ1) is 9.62. The Morgan fingerprint density at radius 2 is 2.07 bits per heavy atom. The number of hydrogen-bond donors (Lipinski definition) is 2. The van der Waals surface area contributed by atoms with Crippen LogP contribution in [0.15, 0.2) is 24.5 Å². The highest BCUT2D eigenvalue weighted by Crippen LogP contribution is 2.44. The van der Waals surface area contributed by atoms with Crippen molar-refractivity contribution in [3.63, 3.8) is 0 Å². The fourth-order valence-corrected chi connectivity index (χ4v) is 1.54. The Kier molecular flexibility index (Phi) is 2.79. The van der Waals surface area contributed by atoms with Gasteiger partial charge in [-0.05, 0) is 30.5 Å². The van der Waals surface area contributed by atoms with Gasteiger partial charge in [0.15, 0.2) is 0 Å². The summed E-state index contributed by atoms with van der Waals surface area (Å²) in [5.74, 6) is 0. The molecule has 0 atom stereocenters. The number of aromatic nitrogens is 1. The molecule has 1 saturated carbocycles. The fourth-order valence-electron chi connectivity index (χ4n) is 1.54. The summed E-state index contributed by atoms with van der Waals surface area (Å²) in [6, 6.07) is 4.01. The maximum atomic E-state index is 9.10. The molecular formula is C11H16N2O. The molecule has 3 heteroatoms. The van der Waals surface area contributed by atoms with E-state index in [1.54, 1.807) is 12.4 Å². The molecule has 1 aromatic heterocycles. The Bertz CT molecular complexity index is 283. The van der Waals surface area contributed by atoms with Crippen LogP contribution in [0.4, 0.5) is 0 Å². The van der Waals surface area contributed by atoms with Gasteiger partial charge in [-0.25, -0.2) is 0 Å². The van der Waals surface area contributed by atoms with Gasteiger partial charge < -0.3 is 10.4 Å². The lowest BCUT2D eigenvalue weighted by atomic mass is 10.1. The van der Waals surface area contributed by atoms with Crippen LogP contribution < -0.4 is 5.32 Å². The first-order valence-corrected chi connectivity index (χ1v) is 5.05. The van der Waals surface area contributed by atoms with E-state index in [2.05, 4.69) is 10.3 Å². The number of nitrogens with one attached hydrogen (secondary N) is 1. The number of hydrogen-bond acceptors (Lipinski definition) is 3. The zero-order valence-electron chi connectivity index (χ0n) is 8.24. The Hall–Kier alpha value is -0.930. The molecule has 76 valence electrons. The van der Waals surface area contributed by atoms with E-state index in [9.17, 15) is 0 Å². The molecule has 1 heterocycles. The first-order chi connectivity index (χ1) is 6.85. The zero-order valence-corrected chi connectivity index (χ0v) is 8.24. The van der Waals surface area contributed by atoms with Crippen LogP contribution in [0, 0.1) is 5.41 Å². The number of nitrogens with zero attached hydrogens (tertiary/aromatic N) is 1. The van der Waals surface area contributed by atoms with Crippen LogP contribution in [-0.4, -0.2) is 23.2 Å². The summed E-state index contributed by atoms with van der Waals surface area (Å²) in [5.41, 5.74) is 1.45. The lowest BCUT2D eigenvalue weighted by Gasteiger charge is -2.12. The van der Waals surface area contributed by atoms with Crippen LogP contribution in [0.1, 0.15) is 18.4 Å². The van der Waals surface area contributed by atoms with E-state index in [4.69, 9.17) is 5.11 Å². The summed E-state index contributed by atoms with van der Waals surface area (Å²) in [6.07, 6.45) is 5.92. The van der Waals surface area contributed by atoms with Gasteiger partial charge in [0.25, 0.3) is 0 Å². The van der Waals surface area contributed by atoms with E-state index in [1.165, 1.54) is 5.56 Å². The number of pyridine rings is 1. The van der Waals surface area contributed by atoms with Gasteiger partial charge in [-0.2, -0.15) is 0 Å². The largest absolute Gasteiger partial charge is 0.396 e. The van der Waals surface area contributed by atoms with Crippen LogP contribution in [0.3, 0.4) is 0 Å². The second kappa shape index (κ2) is 4.07. The van der Waals surface area contributed by atoms with Crippen molar-refractivity contribution in [2.75, 3.05) is 13.2 Å². The van der Waals surface area contributed by atoms with Crippen molar-refractivity contribution in [2.24, 2.45) is 5.41 Å². The molecule has 14 heavy (non-hydrogen) atoms. The summed E-state index contributed by atoms with van der Waals surface area (Å²) in [7, 11) is 0. The van der Waals surface area contributed by atoms with Crippen LogP contribution >= 0.6 is 0 Å². The zero-order chi connectivity index (χ0) is 9.86. The van der Waals surface area contributed by atoms with Crippen LogP contribution in [0.25, 0.3) is 0 Å². The standard InChI is InChI=1S/C11H16N2O/c14-9-11(3-4-11)8-13-7-10-1-5-12-6-2-10/h1-2,5-6,13-14H,3-4,7-9H2. The third-order valence-corrected chi connectivity index (χ3v) is 2.87. The van der Waals surface area contributed by atoms with Gasteiger partial charge in [-0.1, -0.05) is 0 Å². The highest BCUT2D eigenvalue weighted by atomic mass is 16.3. The summed E-state index contributed by atoms with van der Waals surface area (Å²) in [5, 5.41) is 12.5. The van der Waals surface area contributed by atoms with E-state index in [0.29, 0.717) is 6.61 Å². The predicted octanol–water partition coefficient (Wildman–Crippen LogP) is 0.944. The third kappa shape index (κ3) is 2.30. The van der Waals surface area contributed by atoms with Gasteiger partial charge in [-0.15, -0.1) is 0 Å². The van der Waals surface area contributed by atoms with Crippen LogP contribution in [0.5, 0.6) is 0 Å². The fraction of sp³-hybridized carbons (Fsp3) is 0.545. The summed E-state index contributed by atoms with van der Waals surface area (Å²) in [4.78, 5) is 3.96. The molecule has 0 radical (unpaired) electrons. The molecule has 0 saturated heterocycles. The molecule has 3 nitrogen and oxygen atoms in total. The SMILES string of the molecule is OCC1(CNCc2ccncc2)CC1. The number of aliphatic hydroxyl groups is 1. The van der Waals surface area contributed by atoms with E-state index in [0.717, 1.165) is 25.9 Å². The molecule has 0 amide bonds. The summed E-state index contributed by atoms with van der Waals surface area (Å²) >= 11 is 0. The minimum Gasteiger partial charge on any atom is -0.396 e. The Labute approximate surface area is 84.2 Å². The van der Waals surface area contributed by atoms with Crippen molar-refractivity contribution in [3.8, 4) is 0 Å². The van der Waals surface area contributed by atoms with E-state index in [-0.39, 0.29) is 5.41 Å². The molecule has 0 aliphatic heterocycles. The molecule has 1 aromatic rings. The van der Waals surface area contributed by atoms with E-state index >= 15 is 0 Å². The minimum atomic E-state index is 0.201. The summed E-state index contributed by atoms with van der Waals surface area (Å²) < 4.78 is 0. The monoisotopic (exact) mass is 192 g/mol. The Morgan fingerprint density at radius 1 is 1.36 bits per heavy atom. The van der Waals surface area contributed by atoms with Crippen molar-refractivity contribution >= 4 is 0 Å². The second-order valence-corrected chi connectivity index (χ2v) is 4.12. The van der Waals surface area contributed by atoms with Gasteiger partial charge in [0, 0.05) is 37.5 Å². The molecule has 1 aliphatic carbocycles. The Balaban J connectivity index is 1.73. The normalized spacial score (nSPS) is 18.1. The molecule has 2 N–H and O–H groups in total. The average Bonchev–Trinajstić information content (AvgIpc) is 3.00. The lowest BCUT2D eigenvalue weighted by molar-refractivity contribution is 0.207. The van der Waals surface area contributed by atoms with Gasteiger partial charge in [0.05, 0.1) is 0 Å². The molecule has 0 aromatic carbocycles.